The van der Waals surface area contributed by atoms with E-state index in [1.807, 2.05) is 45.0 Å². The molecule has 0 aliphatic carbocycles. The number of carbonyl (C=O) groups excluding carboxylic acids is 2. The maximum absolute atomic E-state index is 12.6. The number of benzene rings is 1. The zero-order chi connectivity index (χ0) is 24.1. The van der Waals surface area contributed by atoms with E-state index in [-0.39, 0.29) is 17.9 Å². The van der Waals surface area contributed by atoms with Gasteiger partial charge in [0.2, 0.25) is 11.9 Å². The summed E-state index contributed by atoms with van der Waals surface area (Å²) < 4.78 is 0. The van der Waals surface area contributed by atoms with Gasteiger partial charge < -0.3 is 21.3 Å². The highest BCUT2D eigenvalue weighted by Gasteiger charge is 2.20. The molecule has 0 spiro atoms. The summed E-state index contributed by atoms with van der Waals surface area (Å²) in [4.78, 5) is 39.7. The number of para-hydroxylation sites is 1. The first-order valence-corrected chi connectivity index (χ1v) is 11.2. The molecule has 1 fully saturated rings. The van der Waals surface area contributed by atoms with Crippen LogP contribution in [0.2, 0.25) is 0 Å². The lowest BCUT2D eigenvalue weighted by Gasteiger charge is -2.26. The van der Waals surface area contributed by atoms with Crippen LogP contribution in [0.25, 0.3) is 0 Å². The van der Waals surface area contributed by atoms with Crippen molar-refractivity contribution in [3.05, 3.63) is 59.9 Å². The van der Waals surface area contributed by atoms with E-state index in [4.69, 9.17) is 0 Å². The van der Waals surface area contributed by atoms with Crippen molar-refractivity contribution in [3.8, 4) is 0 Å². The number of anilines is 5. The van der Waals surface area contributed by atoms with Crippen molar-refractivity contribution < 1.29 is 9.59 Å². The molecule has 34 heavy (non-hydrogen) atoms. The number of aryl methyl sites for hydroxylation is 1. The molecule has 2 amide bonds. The van der Waals surface area contributed by atoms with Crippen LogP contribution in [-0.2, 0) is 4.79 Å². The summed E-state index contributed by atoms with van der Waals surface area (Å²) in [6.45, 7) is 7.38. The second-order valence-corrected chi connectivity index (χ2v) is 8.28. The molecule has 0 atom stereocenters. The van der Waals surface area contributed by atoms with Crippen LogP contribution in [-0.4, -0.2) is 52.4 Å². The van der Waals surface area contributed by atoms with Crippen LogP contribution in [0.3, 0.4) is 0 Å². The number of hydrogen-bond donors (Lipinski definition) is 4. The Hall–Kier alpha value is -4.05. The number of nitrogens with zero attached hydrogens (tertiary/aromatic N) is 4. The van der Waals surface area contributed by atoms with Crippen LogP contribution in [0, 0.1) is 6.92 Å². The number of carbonyl (C=O) groups is 2. The SMILES string of the molecule is Cc1cnc(Nc2ccc(N3CCNCC3=O)nc2)nc1Nc1ccccc1C(=O)NC(C)C. The molecule has 0 saturated carbocycles. The Morgan fingerprint density at radius 2 is 1.91 bits per heavy atom. The van der Waals surface area contributed by atoms with Gasteiger partial charge in [-0.15, -0.1) is 0 Å². The molecule has 1 aromatic carbocycles. The van der Waals surface area contributed by atoms with Crippen LogP contribution in [0.15, 0.2) is 48.8 Å². The number of nitrogens with one attached hydrogen (secondary N) is 4. The van der Waals surface area contributed by atoms with Gasteiger partial charge in [0.25, 0.3) is 5.91 Å². The molecule has 10 nitrogen and oxygen atoms in total. The number of hydrogen-bond acceptors (Lipinski definition) is 8. The van der Waals surface area contributed by atoms with E-state index in [0.29, 0.717) is 47.6 Å². The molecule has 10 heteroatoms. The minimum absolute atomic E-state index is 0.000555. The molecule has 0 radical (unpaired) electrons. The van der Waals surface area contributed by atoms with Crippen molar-refractivity contribution in [3.63, 3.8) is 0 Å². The van der Waals surface area contributed by atoms with Crippen molar-refractivity contribution in [2.75, 3.05) is 35.2 Å². The lowest BCUT2D eigenvalue weighted by Crippen LogP contribution is -2.48. The summed E-state index contributed by atoms with van der Waals surface area (Å²) in [7, 11) is 0. The van der Waals surface area contributed by atoms with E-state index in [2.05, 4.69) is 36.2 Å². The number of rotatable bonds is 7. The molecule has 176 valence electrons. The minimum Gasteiger partial charge on any atom is -0.350 e. The maximum Gasteiger partial charge on any atom is 0.253 e. The number of amides is 2. The first-order chi connectivity index (χ1) is 16.4. The maximum atomic E-state index is 12.6. The average Bonchev–Trinajstić information content (AvgIpc) is 2.82. The van der Waals surface area contributed by atoms with Gasteiger partial charge in [-0.05, 0) is 45.0 Å². The summed E-state index contributed by atoms with van der Waals surface area (Å²) in [6.07, 6.45) is 3.35. The lowest BCUT2D eigenvalue weighted by molar-refractivity contribution is -0.118. The fraction of sp³-hybridized carbons (Fsp3) is 0.292. The van der Waals surface area contributed by atoms with Crippen LogP contribution in [0.4, 0.5) is 29.0 Å². The van der Waals surface area contributed by atoms with Crippen molar-refractivity contribution in [1.82, 2.24) is 25.6 Å². The number of pyridine rings is 1. The molecule has 1 aliphatic heterocycles. The second-order valence-electron chi connectivity index (χ2n) is 8.28. The fourth-order valence-corrected chi connectivity index (χ4v) is 3.48. The Labute approximate surface area is 198 Å². The third kappa shape index (κ3) is 5.46. The van der Waals surface area contributed by atoms with Crippen molar-refractivity contribution >= 4 is 40.8 Å². The van der Waals surface area contributed by atoms with E-state index in [0.717, 1.165) is 12.1 Å². The van der Waals surface area contributed by atoms with E-state index in [1.54, 1.807) is 29.4 Å². The van der Waals surface area contributed by atoms with Gasteiger partial charge in [-0.3, -0.25) is 14.5 Å². The zero-order valence-electron chi connectivity index (χ0n) is 19.4. The molecular formula is C24H28N8O2. The second kappa shape index (κ2) is 10.3. The predicted molar refractivity (Wildman–Crippen MR) is 132 cm³/mol. The summed E-state index contributed by atoms with van der Waals surface area (Å²) in [5.41, 5.74) is 2.71. The van der Waals surface area contributed by atoms with Crippen LogP contribution >= 0.6 is 0 Å². The van der Waals surface area contributed by atoms with Crippen LogP contribution in [0.1, 0.15) is 29.8 Å². The van der Waals surface area contributed by atoms with Crippen LogP contribution in [0.5, 0.6) is 0 Å². The molecular weight excluding hydrogens is 432 g/mol. The Morgan fingerprint density at radius 1 is 1.09 bits per heavy atom. The van der Waals surface area contributed by atoms with Gasteiger partial charge in [-0.25, -0.2) is 9.97 Å². The quantitative estimate of drug-likeness (QED) is 0.424. The highest BCUT2D eigenvalue weighted by Crippen LogP contribution is 2.24. The fourth-order valence-electron chi connectivity index (χ4n) is 3.48. The van der Waals surface area contributed by atoms with Gasteiger partial charge in [0.1, 0.15) is 11.6 Å². The van der Waals surface area contributed by atoms with Gasteiger partial charge in [0.05, 0.1) is 29.7 Å². The van der Waals surface area contributed by atoms with E-state index in [9.17, 15) is 9.59 Å². The monoisotopic (exact) mass is 460 g/mol. The molecule has 1 aliphatic rings. The molecule has 2 aromatic heterocycles. The minimum atomic E-state index is -0.155. The largest absolute Gasteiger partial charge is 0.350 e. The Bertz CT molecular complexity index is 1180. The van der Waals surface area contributed by atoms with Crippen molar-refractivity contribution in [1.29, 1.82) is 0 Å². The third-order valence-corrected chi connectivity index (χ3v) is 5.19. The highest BCUT2D eigenvalue weighted by molar-refractivity contribution is 6.00. The predicted octanol–water partition coefficient (Wildman–Crippen LogP) is 2.74. The molecule has 1 saturated heterocycles. The topological polar surface area (TPSA) is 124 Å². The van der Waals surface area contributed by atoms with Gasteiger partial charge in [-0.1, -0.05) is 12.1 Å². The molecule has 4 N–H and O–H groups in total. The smallest absolute Gasteiger partial charge is 0.253 e. The summed E-state index contributed by atoms with van der Waals surface area (Å²) in [5.74, 6) is 1.42. The Balaban J connectivity index is 1.50. The highest BCUT2D eigenvalue weighted by atomic mass is 16.2. The molecule has 4 rings (SSSR count). The summed E-state index contributed by atoms with van der Waals surface area (Å²) in [5, 5.41) is 12.4. The Morgan fingerprint density at radius 3 is 2.65 bits per heavy atom. The zero-order valence-corrected chi connectivity index (χ0v) is 19.4. The first-order valence-electron chi connectivity index (χ1n) is 11.2. The van der Waals surface area contributed by atoms with E-state index >= 15 is 0 Å². The molecule has 3 aromatic rings. The Kier molecular flexibility index (Phi) is 6.98. The number of piperazine rings is 1. The van der Waals surface area contributed by atoms with E-state index in [1.165, 1.54) is 0 Å². The number of aromatic nitrogens is 3. The van der Waals surface area contributed by atoms with Gasteiger partial charge >= 0.3 is 0 Å². The van der Waals surface area contributed by atoms with Gasteiger partial charge in [0.15, 0.2) is 0 Å². The van der Waals surface area contributed by atoms with Gasteiger partial charge in [0, 0.05) is 30.9 Å². The molecule has 0 bridgehead atoms. The standard InChI is InChI=1S/C24H28N8O2/c1-15(2)28-23(34)18-6-4-5-7-19(18)30-22-16(3)12-27-24(31-22)29-17-8-9-20(26-13-17)32-11-10-25-14-21(32)33/h4-9,12-13,15,25H,10-11,14H2,1-3H3,(H,28,34)(H2,27,29,30,31). The lowest BCUT2D eigenvalue weighted by atomic mass is 10.1. The van der Waals surface area contributed by atoms with Crippen molar-refractivity contribution in [2.24, 2.45) is 0 Å². The van der Waals surface area contributed by atoms with Crippen molar-refractivity contribution in [2.45, 2.75) is 26.8 Å². The normalized spacial score (nSPS) is 13.6. The molecule has 0 unspecified atom stereocenters. The van der Waals surface area contributed by atoms with Crippen LogP contribution < -0.4 is 26.2 Å². The third-order valence-electron chi connectivity index (χ3n) is 5.19. The first kappa shape index (κ1) is 23.1. The summed E-state index contributed by atoms with van der Waals surface area (Å²) in [6, 6.07) is 10.9. The average molecular weight is 461 g/mol. The van der Waals surface area contributed by atoms with E-state index < -0.39 is 0 Å². The summed E-state index contributed by atoms with van der Waals surface area (Å²) >= 11 is 0. The van der Waals surface area contributed by atoms with Gasteiger partial charge in [-0.2, -0.15) is 4.98 Å². The molecule has 3 heterocycles.